The fourth-order valence-corrected chi connectivity index (χ4v) is 3.77. The Morgan fingerprint density at radius 3 is 2.56 bits per heavy atom. The summed E-state index contributed by atoms with van der Waals surface area (Å²) in [5.41, 5.74) is 9.37. The van der Waals surface area contributed by atoms with Gasteiger partial charge in [0.1, 0.15) is 40.3 Å². The Morgan fingerprint density at radius 2 is 1.89 bits per heavy atom. The van der Waals surface area contributed by atoms with Crippen LogP contribution in [0.15, 0.2) is 41.2 Å². The number of benzene rings is 2. The van der Waals surface area contributed by atoms with Crippen LogP contribution in [0.3, 0.4) is 0 Å². The molecule has 4 rings (SSSR count). The highest BCUT2D eigenvalue weighted by Gasteiger charge is 2.25. The van der Waals surface area contributed by atoms with Gasteiger partial charge in [0.15, 0.2) is 5.82 Å². The summed E-state index contributed by atoms with van der Waals surface area (Å²) in [6, 6.07) is 7.15. The molecular formula is C23H18F4N8O. The molecule has 0 aliphatic rings. The molecule has 0 unspecified atom stereocenters. The van der Waals surface area contributed by atoms with Crippen LogP contribution in [0, 0.1) is 23.0 Å². The van der Waals surface area contributed by atoms with E-state index in [1.807, 2.05) is 6.07 Å². The summed E-state index contributed by atoms with van der Waals surface area (Å²) in [5, 5.41) is 12.0. The highest BCUT2D eigenvalue weighted by Crippen LogP contribution is 2.29. The van der Waals surface area contributed by atoms with Crippen molar-refractivity contribution in [2.24, 2.45) is 0 Å². The minimum atomic E-state index is -3.03. The summed E-state index contributed by atoms with van der Waals surface area (Å²) in [4.78, 5) is 25.6. The van der Waals surface area contributed by atoms with Gasteiger partial charge in [-0.2, -0.15) is 15.2 Å². The minimum Gasteiger partial charge on any atom is -0.382 e. The molecule has 2 aromatic carbocycles. The van der Waals surface area contributed by atoms with Crippen molar-refractivity contribution in [2.45, 2.75) is 25.8 Å². The number of fused-ring (bicyclic) bond motifs is 1. The maximum absolute atomic E-state index is 14.6. The maximum atomic E-state index is 14.6. The van der Waals surface area contributed by atoms with Gasteiger partial charge >= 0.3 is 0 Å². The van der Waals surface area contributed by atoms with Crippen LogP contribution in [-0.2, 0) is 0 Å². The van der Waals surface area contributed by atoms with Crippen molar-refractivity contribution in [3.05, 3.63) is 75.3 Å². The third-order valence-electron chi connectivity index (χ3n) is 5.38. The molecule has 5 N–H and O–H groups in total. The number of hydrogen-bond acceptors (Lipinski definition) is 8. The number of rotatable bonds is 6. The molecule has 0 aliphatic carbocycles. The maximum Gasteiger partial charge on any atom is 0.269 e. The van der Waals surface area contributed by atoms with Crippen LogP contribution in [0.2, 0.25) is 0 Å². The summed E-state index contributed by atoms with van der Waals surface area (Å²) in [6.45, 7) is 1.69. The second-order valence-corrected chi connectivity index (χ2v) is 7.70. The van der Waals surface area contributed by atoms with Gasteiger partial charge in [-0.15, -0.1) is 0 Å². The zero-order valence-corrected chi connectivity index (χ0v) is 18.6. The molecular weight excluding hydrogens is 480 g/mol. The second kappa shape index (κ2) is 9.49. The van der Waals surface area contributed by atoms with Crippen LogP contribution in [0.5, 0.6) is 0 Å². The quantitative estimate of drug-likeness (QED) is 0.338. The van der Waals surface area contributed by atoms with Crippen molar-refractivity contribution >= 4 is 28.5 Å². The first-order valence-corrected chi connectivity index (χ1v) is 10.5. The highest BCUT2D eigenvalue weighted by atomic mass is 19.3. The number of nitrogens with zero attached hydrogens (tertiary/aromatic N) is 5. The molecule has 0 radical (unpaired) electrons. The lowest BCUT2D eigenvalue weighted by Gasteiger charge is -2.23. The summed E-state index contributed by atoms with van der Waals surface area (Å²) >= 11 is 0. The molecule has 0 saturated heterocycles. The number of aromatic nitrogens is 4. The zero-order chi connectivity index (χ0) is 26.1. The van der Waals surface area contributed by atoms with Crippen LogP contribution in [-0.4, -0.2) is 19.5 Å². The fraction of sp³-hybridized carbons (Fsp3) is 0.174. The van der Waals surface area contributed by atoms with E-state index in [1.54, 1.807) is 6.92 Å². The Morgan fingerprint density at radius 1 is 1.14 bits per heavy atom. The van der Waals surface area contributed by atoms with Crippen LogP contribution in [0.4, 0.5) is 35.1 Å². The zero-order valence-electron chi connectivity index (χ0n) is 18.6. The van der Waals surface area contributed by atoms with E-state index in [-0.39, 0.29) is 46.6 Å². The molecule has 2 aromatic heterocycles. The van der Waals surface area contributed by atoms with Crippen molar-refractivity contribution in [1.82, 2.24) is 19.5 Å². The molecule has 2 heterocycles. The third kappa shape index (κ3) is 4.36. The number of nitriles is 1. The smallest absolute Gasteiger partial charge is 0.269 e. The number of alkyl halides is 2. The Bertz CT molecular complexity index is 1580. The molecule has 9 nitrogen and oxygen atoms in total. The summed E-state index contributed by atoms with van der Waals surface area (Å²) in [7, 11) is 0. The van der Waals surface area contributed by atoms with E-state index < -0.39 is 40.6 Å². The van der Waals surface area contributed by atoms with Gasteiger partial charge in [-0.05, 0) is 36.8 Å². The van der Waals surface area contributed by atoms with E-state index >= 15 is 0 Å². The summed E-state index contributed by atoms with van der Waals surface area (Å²) < 4.78 is 56.6. The second-order valence-electron chi connectivity index (χ2n) is 7.70. The molecule has 1 atom stereocenters. The minimum absolute atomic E-state index is 0.0146. The summed E-state index contributed by atoms with van der Waals surface area (Å²) in [5.74, 6) is -2.49. The molecule has 0 fully saturated rings. The van der Waals surface area contributed by atoms with E-state index in [4.69, 9.17) is 11.5 Å². The largest absolute Gasteiger partial charge is 0.382 e. The van der Waals surface area contributed by atoms with Crippen molar-refractivity contribution in [2.75, 3.05) is 16.8 Å². The van der Waals surface area contributed by atoms with E-state index in [0.717, 1.165) is 22.8 Å². The van der Waals surface area contributed by atoms with Gasteiger partial charge < -0.3 is 16.8 Å². The Balaban J connectivity index is 2.02. The lowest BCUT2D eigenvalue weighted by Crippen LogP contribution is -2.29. The first-order valence-electron chi connectivity index (χ1n) is 10.5. The molecule has 184 valence electrons. The van der Waals surface area contributed by atoms with Gasteiger partial charge in [-0.3, -0.25) is 9.36 Å². The van der Waals surface area contributed by atoms with Gasteiger partial charge in [-0.25, -0.2) is 22.5 Å². The highest BCUT2D eigenvalue weighted by molar-refractivity contribution is 5.79. The fourth-order valence-electron chi connectivity index (χ4n) is 3.77. The van der Waals surface area contributed by atoms with Crippen molar-refractivity contribution < 1.29 is 17.6 Å². The average Bonchev–Trinajstić information content (AvgIpc) is 2.81. The molecule has 4 aromatic rings. The van der Waals surface area contributed by atoms with Crippen LogP contribution >= 0.6 is 0 Å². The summed E-state index contributed by atoms with van der Waals surface area (Å²) in [6.07, 6.45) is -2.83. The first-order chi connectivity index (χ1) is 17.1. The topological polar surface area (TPSA) is 149 Å². The predicted molar refractivity (Wildman–Crippen MR) is 124 cm³/mol. The normalized spacial score (nSPS) is 12.0. The molecule has 0 amide bonds. The van der Waals surface area contributed by atoms with Crippen LogP contribution in [0.25, 0.3) is 16.6 Å². The molecule has 0 saturated carbocycles. The van der Waals surface area contributed by atoms with Crippen molar-refractivity contribution in [3.8, 4) is 11.8 Å². The Kier molecular flexibility index (Phi) is 6.43. The number of anilines is 3. The molecule has 0 spiro atoms. The lowest BCUT2D eigenvalue weighted by molar-refractivity contribution is 0.151. The first kappa shape index (κ1) is 24.4. The number of nitrogens with one attached hydrogen (secondary N) is 1. The number of nitrogen functional groups attached to an aromatic ring is 2. The molecule has 0 bridgehead atoms. The third-order valence-corrected chi connectivity index (χ3v) is 5.38. The van der Waals surface area contributed by atoms with Crippen molar-refractivity contribution in [3.63, 3.8) is 0 Å². The molecule has 0 aliphatic heterocycles. The van der Waals surface area contributed by atoms with Crippen LogP contribution < -0.4 is 22.3 Å². The van der Waals surface area contributed by atoms with E-state index in [1.165, 1.54) is 12.1 Å². The van der Waals surface area contributed by atoms with Crippen molar-refractivity contribution in [1.29, 1.82) is 5.26 Å². The van der Waals surface area contributed by atoms with Gasteiger partial charge in [0.25, 0.3) is 12.0 Å². The Hall–Kier alpha value is -4.73. The lowest BCUT2D eigenvalue weighted by atomic mass is 10.1. The number of nitrogens with two attached hydrogens (primary N) is 2. The van der Waals surface area contributed by atoms with Gasteiger partial charge in [0.2, 0.25) is 5.95 Å². The number of halogens is 4. The predicted octanol–water partition coefficient (Wildman–Crippen LogP) is 3.99. The van der Waals surface area contributed by atoms with E-state index in [0.29, 0.717) is 6.07 Å². The SMILES string of the molecule is CC[C@H](Nc1nc(N)nc(N)c1C#N)c1nc2cccc(F)c2c(=O)n1-c1cc(F)cc(C(F)F)c1. The number of hydrogen-bond donors (Lipinski definition) is 3. The van der Waals surface area contributed by atoms with Gasteiger partial charge in [0, 0.05) is 5.56 Å². The standard InChI is InChI=1S/C23H18F4N8O/c1-2-15(31-20-13(9-28)19(29)33-23(30)34-20)21-32-16-5-3-4-14(25)17(16)22(36)35(21)12-7-10(18(26)27)6-11(24)8-12/h3-8,15,18H,2H2,1H3,(H5,29,30,31,33,34)/t15-/m0/s1. The van der Waals surface area contributed by atoms with E-state index in [9.17, 15) is 27.6 Å². The molecule has 36 heavy (non-hydrogen) atoms. The Labute approximate surface area is 201 Å². The average molecular weight is 498 g/mol. The monoisotopic (exact) mass is 498 g/mol. The molecule has 13 heteroatoms. The van der Waals surface area contributed by atoms with E-state index in [2.05, 4.69) is 20.3 Å². The van der Waals surface area contributed by atoms with Crippen LogP contribution in [0.1, 0.15) is 42.8 Å². The van der Waals surface area contributed by atoms with Gasteiger partial charge in [-0.1, -0.05) is 13.0 Å². The van der Waals surface area contributed by atoms with Gasteiger partial charge in [0.05, 0.1) is 17.2 Å².